The van der Waals surface area contributed by atoms with Gasteiger partial charge in [-0.3, -0.25) is 0 Å². The zero-order chi connectivity index (χ0) is 19.7. The predicted octanol–water partition coefficient (Wildman–Crippen LogP) is 5.77. The standard InChI is InChI=1S/C19H14F3NO3S2/c20-19(21,22)15(16-23-13-3-1-2-4-14(13)25-16)26-17(24)11-5-7-12(8-6-11)18-27-9-10-28-18/h1-8,15,18H,9-10H2/t15-/m0/s1. The van der Waals surface area contributed by atoms with Gasteiger partial charge >= 0.3 is 12.1 Å². The van der Waals surface area contributed by atoms with Crippen LogP contribution in [0.3, 0.4) is 0 Å². The van der Waals surface area contributed by atoms with Gasteiger partial charge in [-0.15, -0.1) is 23.5 Å². The minimum absolute atomic E-state index is 0.0436. The average Bonchev–Trinajstić information content (AvgIpc) is 3.34. The van der Waals surface area contributed by atoms with Crippen molar-refractivity contribution >= 4 is 40.6 Å². The number of halogens is 3. The Kier molecular flexibility index (Phi) is 5.29. The molecule has 0 unspecified atom stereocenters. The molecule has 0 aliphatic carbocycles. The third-order valence-corrected chi connectivity index (χ3v) is 7.20. The van der Waals surface area contributed by atoms with Crippen LogP contribution in [0.15, 0.2) is 52.9 Å². The number of carbonyl (C=O) groups excluding carboxylic acids is 1. The Morgan fingerprint density at radius 3 is 2.43 bits per heavy atom. The van der Waals surface area contributed by atoms with Crippen molar-refractivity contribution in [3.05, 3.63) is 65.5 Å². The van der Waals surface area contributed by atoms with Crippen LogP contribution in [0.25, 0.3) is 11.1 Å². The second-order valence-corrected chi connectivity index (χ2v) is 8.77. The summed E-state index contributed by atoms with van der Waals surface area (Å²) in [6.07, 6.45) is -7.43. The maximum absolute atomic E-state index is 13.5. The van der Waals surface area contributed by atoms with Crippen LogP contribution in [0.1, 0.15) is 32.5 Å². The van der Waals surface area contributed by atoms with Crippen LogP contribution in [0.2, 0.25) is 0 Å². The van der Waals surface area contributed by atoms with Gasteiger partial charge in [0.05, 0.1) is 10.1 Å². The van der Waals surface area contributed by atoms with Gasteiger partial charge in [0.15, 0.2) is 5.58 Å². The summed E-state index contributed by atoms with van der Waals surface area (Å²) in [5.74, 6) is 0.327. The molecule has 0 N–H and O–H groups in total. The lowest BCUT2D eigenvalue weighted by molar-refractivity contribution is -0.213. The Morgan fingerprint density at radius 1 is 1.11 bits per heavy atom. The van der Waals surface area contributed by atoms with Crippen LogP contribution in [0.5, 0.6) is 0 Å². The SMILES string of the molecule is O=C(O[C@@H](c1nc2ccccc2o1)C(F)(F)F)c1ccc(C2SCCS2)cc1. The molecule has 3 aromatic rings. The molecule has 1 saturated heterocycles. The average molecular weight is 425 g/mol. The number of carbonyl (C=O) groups is 1. The first-order chi connectivity index (χ1) is 13.4. The summed E-state index contributed by atoms with van der Waals surface area (Å²) < 4.78 is 50.7. The summed E-state index contributed by atoms with van der Waals surface area (Å²) in [4.78, 5) is 16.1. The molecular weight excluding hydrogens is 411 g/mol. The van der Waals surface area contributed by atoms with Crippen LogP contribution in [0, 0.1) is 0 Å². The van der Waals surface area contributed by atoms with E-state index in [2.05, 4.69) is 4.98 Å². The Bertz CT molecular complexity index is 949. The first-order valence-electron chi connectivity index (χ1n) is 8.38. The highest BCUT2D eigenvalue weighted by molar-refractivity contribution is 8.19. The Balaban J connectivity index is 1.55. The van der Waals surface area contributed by atoms with E-state index < -0.39 is 24.1 Å². The Hall–Kier alpha value is -2.13. The molecule has 2 heterocycles. The second kappa shape index (κ2) is 7.71. The van der Waals surface area contributed by atoms with Gasteiger partial charge in [-0.2, -0.15) is 13.2 Å². The van der Waals surface area contributed by atoms with Gasteiger partial charge in [-0.1, -0.05) is 24.3 Å². The topological polar surface area (TPSA) is 52.3 Å². The van der Waals surface area contributed by atoms with Gasteiger partial charge in [-0.25, -0.2) is 9.78 Å². The fourth-order valence-corrected chi connectivity index (χ4v) is 5.62. The first-order valence-corrected chi connectivity index (χ1v) is 10.5. The zero-order valence-corrected chi connectivity index (χ0v) is 15.9. The number of fused-ring (bicyclic) bond motifs is 1. The lowest BCUT2D eigenvalue weighted by Crippen LogP contribution is -2.26. The minimum Gasteiger partial charge on any atom is -0.439 e. The van der Waals surface area contributed by atoms with Crippen LogP contribution in [-0.2, 0) is 4.74 Å². The lowest BCUT2D eigenvalue weighted by atomic mass is 10.1. The maximum atomic E-state index is 13.5. The number of para-hydroxylation sites is 2. The molecular formula is C19H14F3NO3S2. The number of hydrogen-bond donors (Lipinski definition) is 0. The Labute approximate surface area is 166 Å². The number of alkyl halides is 3. The minimum atomic E-state index is -4.85. The summed E-state index contributed by atoms with van der Waals surface area (Å²) in [5.41, 5.74) is 1.52. The predicted molar refractivity (Wildman–Crippen MR) is 102 cm³/mol. The fraction of sp³-hybridized carbons (Fsp3) is 0.263. The number of benzene rings is 2. The highest BCUT2D eigenvalue weighted by atomic mass is 32.2. The number of ether oxygens (including phenoxy) is 1. The largest absolute Gasteiger partial charge is 0.439 e. The van der Waals surface area contributed by atoms with Gasteiger partial charge in [0.1, 0.15) is 5.52 Å². The van der Waals surface area contributed by atoms with Crippen molar-refractivity contribution in [3.63, 3.8) is 0 Å². The van der Waals surface area contributed by atoms with Gasteiger partial charge in [0.2, 0.25) is 5.89 Å². The molecule has 0 amide bonds. The summed E-state index contributed by atoms with van der Waals surface area (Å²) >= 11 is 3.60. The molecule has 9 heteroatoms. The number of aromatic nitrogens is 1. The molecule has 28 heavy (non-hydrogen) atoms. The normalized spacial score (nSPS) is 16.4. The van der Waals surface area contributed by atoms with E-state index in [0.717, 1.165) is 17.1 Å². The van der Waals surface area contributed by atoms with Crippen molar-refractivity contribution in [3.8, 4) is 0 Å². The molecule has 0 radical (unpaired) electrons. The van der Waals surface area contributed by atoms with Crippen molar-refractivity contribution < 1.29 is 27.1 Å². The van der Waals surface area contributed by atoms with Gasteiger partial charge < -0.3 is 9.15 Å². The molecule has 0 bridgehead atoms. The van der Waals surface area contributed by atoms with Gasteiger partial charge in [0.25, 0.3) is 6.10 Å². The maximum Gasteiger partial charge on any atom is 0.434 e. The van der Waals surface area contributed by atoms with Gasteiger partial charge in [0, 0.05) is 11.5 Å². The highest BCUT2D eigenvalue weighted by Gasteiger charge is 2.47. The molecule has 1 aliphatic heterocycles. The quantitative estimate of drug-likeness (QED) is 0.495. The van der Waals surface area contributed by atoms with Crippen molar-refractivity contribution in [1.29, 1.82) is 0 Å². The third kappa shape index (κ3) is 4.00. The van der Waals surface area contributed by atoms with Crippen molar-refractivity contribution in [2.45, 2.75) is 16.9 Å². The monoisotopic (exact) mass is 425 g/mol. The van der Waals surface area contributed by atoms with Crippen LogP contribution >= 0.6 is 23.5 Å². The number of esters is 1. The molecule has 146 valence electrons. The van der Waals surface area contributed by atoms with Crippen LogP contribution in [0.4, 0.5) is 13.2 Å². The summed E-state index contributed by atoms with van der Waals surface area (Å²) in [7, 11) is 0. The van der Waals surface area contributed by atoms with E-state index >= 15 is 0 Å². The molecule has 1 fully saturated rings. The smallest absolute Gasteiger partial charge is 0.434 e. The van der Waals surface area contributed by atoms with Gasteiger partial charge in [-0.05, 0) is 29.8 Å². The van der Waals surface area contributed by atoms with Crippen molar-refractivity contribution in [2.75, 3.05) is 11.5 Å². The van der Waals surface area contributed by atoms with E-state index in [1.165, 1.54) is 24.3 Å². The van der Waals surface area contributed by atoms with Crippen molar-refractivity contribution in [1.82, 2.24) is 4.98 Å². The summed E-state index contributed by atoms with van der Waals surface area (Å²) in [6, 6.07) is 12.7. The van der Waals surface area contributed by atoms with E-state index in [9.17, 15) is 18.0 Å². The second-order valence-electron chi connectivity index (χ2n) is 6.04. The molecule has 0 spiro atoms. The fourth-order valence-electron chi connectivity index (χ4n) is 2.76. The summed E-state index contributed by atoms with van der Waals surface area (Å²) in [6.45, 7) is 0. The number of thioether (sulfide) groups is 2. The van der Waals surface area contributed by atoms with E-state index in [4.69, 9.17) is 9.15 Å². The lowest BCUT2D eigenvalue weighted by Gasteiger charge is -2.18. The Morgan fingerprint density at radius 2 is 1.79 bits per heavy atom. The van der Waals surface area contributed by atoms with Crippen molar-refractivity contribution in [2.24, 2.45) is 0 Å². The third-order valence-electron chi connectivity index (χ3n) is 4.10. The number of nitrogens with zero attached hydrogens (tertiary/aromatic N) is 1. The molecule has 1 atom stereocenters. The molecule has 4 nitrogen and oxygen atoms in total. The summed E-state index contributed by atoms with van der Waals surface area (Å²) in [5, 5.41) is 0. The number of rotatable bonds is 4. The van der Waals surface area contributed by atoms with Crippen LogP contribution < -0.4 is 0 Å². The van der Waals surface area contributed by atoms with E-state index in [1.807, 2.05) is 0 Å². The molecule has 2 aromatic carbocycles. The molecule has 0 saturated carbocycles. The first kappa shape index (κ1) is 19.2. The molecule has 4 rings (SSSR count). The molecule has 1 aliphatic rings. The van der Waals surface area contributed by atoms with E-state index in [-0.39, 0.29) is 21.2 Å². The van der Waals surface area contributed by atoms with E-state index in [0.29, 0.717) is 0 Å². The number of oxazole rings is 1. The molecule has 1 aromatic heterocycles. The van der Waals surface area contributed by atoms with Crippen LogP contribution in [-0.4, -0.2) is 28.6 Å². The zero-order valence-electron chi connectivity index (χ0n) is 14.3. The number of hydrogen-bond acceptors (Lipinski definition) is 6. The van der Waals surface area contributed by atoms with E-state index in [1.54, 1.807) is 47.8 Å². The highest BCUT2D eigenvalue weighted by Crippen LogP contribution is 2.45.